The number of carbonyl (C=O) groups is 1. The fourth-order valence-corrected chi connectivity index (χ4v) is 4.02. The van der Waals surface area contributed by atoms with E-state index in [1.165, 1.54) is 23.3 Å². The molecule has 0 saturated heterocycles. The molecule has 0 fully saturated rings. The summed E-state index contributed by atoms with van der Waals surface area (Å²) >= 11 is 13.5. The molecule has 0 aliphatic heterocycles. The zero-order valence-corrected chi connectivity index (χ0v) is 15.0. The van der Waals surface area contributed by atoms with Gasteiger partial charge in [0.1, 0.15) is 0 Å². The van der Waals surface area contributed by atoms with E-state index in [1.54, 1.807) is 23.5 Å². The zero-order valence-electron chi connectivity index (χ0n) is 12.7. The summed E-state index contributed by atoms with van der Waals surface area (Å²) in [7, 11) is 0. The maximum absolute atomic E-state index is 12.3. The van der Waals surface area contributed by atoms with Crippen LogP contribution in [0.5, 0.6) is 0 Å². The second-order valence-corrected chi connectivity index (χ2v) is 7.48. The van der Waals surface area contributed by atoms with Crippen molar-refractivity contribution in [1.29, 1.82) is 0 Å². The van der Waals surface area contributed by atoms with Crippen molar-refractivity contribution in [2.75, 3.05) is 0 Å². The predicted octanol–water partition coefficient (Wildman–Crippen LogP) is 5.09. The Kier molecular flexibility index (Phi) is 5.05. The third kappa shape index (κ3) is 3.77. The van der Waals surface area contributed by atoms with Crippen LogP contribution in [-0.4, -0.2) is 11.6 Å². The molecule has 3 rings (SSSR count). The lowest BCUT2D eigenvalue weighted by Gasteiger charge is -2.08. The van der Waals surface area contributed by atoms with E-state index in [-0.39, 0.29) is 5.91 Å². The van der Waals surface area contributed by atoms with Crippen LogP contribution in [0.15, 0.2) is 29.4 Å². The predicted molar refractivity (Wildman–Crippen MR) is 97.1 cm³/mol. The Labute approximate surface area is 149 Å². The maximum Gasteiger partial charge on any atom is 0.281 e. The summed E-state index contributed by atoms with van der Waals surface area (Å²) in [5.41, 5.74) is 5.44. The van der Waals surface area contributed by atoms with Crippen LogP contribution in [0.2, 0.25) is 10.0 Å². The third-order valence-electron chi connectivity index (χ3n) is 3.88. The van der Waals surface area contributed by atoms with Crippen LogP contribution in [0.25, 0.3) is 0 Å². The molecule has 0 unspecified atom stereocenters. The molecule has 1 heterocycles. The number of nitrogens with zero attached hydrogens (tertiary/aromatic N) is 1. The van der Waals surface area contributed by atoms with Crippen LogP contribution in [0.3, 0.4) is 0 Å². The molecular weight excluding hydrogens is 351 g/mol. The van der Waals surface area contributed by atoms with E-state index in [2.05, 4.69) is 10.5 Å². The van der Waals surface area contributed by atoms with Crippen LogP contribution in [0, 0.1) is 0 Å². The largest absolute Gasteiger partial charge is 0.281 e. The van der Waals surface area contributed by atoms with Gasteiger partial charge in [-0.25, -0.2) is 5.43 Å². The van der Waals surface area contributed by atoms with Crippen molar-refractivity contribution < 1.29 is 4.79 Å². The van der Waals surface area contributed by atoms with E-state index >= 15 is 0 Å². The molecule has 1 N–H and O–H groups in total. The minimum Gasteiger partial charge on any atom is -0.266 e. The second-order valence-electron chi connectivity index (χ2n) is 5.53. The van der Waals surface area contributed by atoms with E-state index in [9.17, 15) is 4.79 Å². The monoisotopic (exact) mass is 366 g/mol. The number of hydrogen-bond acceptors (Lipinski definition) is 3. The molecule has 1 aromatic carbocycles. The number of benzene rings is 1. The van der Waals surface area contributed by atoms with E-state index in [4.69, 9.17) is 23.2 Å². The van der Waals surface area contributed by atoms with Crippen LogP contribution in [-0.2, 0) is 12.8 Å². The Morgan fingerprint density at radius 2 is 1.96 bits per heavy atom. The molecule has 23 heavy (non-hydrogen) atoms. The van der Waals surface area contributed by atoms with Gasteiger partial charge in [0, 0.05) is 4.88 Å². The molecule has 3 nitrogen and oxygen atoms in total. The quantitative estimate of drug-likeness (QED) is 0.596. The fourth-order valence-electron chi connectivity index (χ4n) is 2.58. The van der Waals surface area contributed by atoms with Crippen LogP contribution in [0.1, 0.15) is 45.4 Å². The normalized spacial score (nSPS) is 14.5. The van der Waals surface area contributed by atoms with Crippen molar-refractivity contribution >= 4 is 46.2 Å². The molecule has 0 atom stereocenters. The Morgan fingerprint density at radius 1 is 1.17 bits per heavy atom. The van der Waals surface area contributed by atoms with Crippen LogP contribution in [0.4, 0.5) is 0 Å². The van der Waals surface area contributed by atoms with Crippen LogP contribution >= 0.6 is 34.5 Å². The molecule has 1 aromatic heterocycles. The first-order valence-corrected chi connectivity index (χ1v) is 9.03. The number of hydrazone groups is 1. The van der Waals surface area contributed by atoms with E-state index in [1.807, 2.05) is 19.1 Å². The average molecular weight is 367 g/mol. The molecule has 0 saturated carbocycles. The standard InChI is InChI=1S/C17H16Cl2N2OS/c1-10(11-6-7-13(18)14(19)8-11)20-21-17(22)16-9-12-4-2-3-5-15(12)23-16/h6-9H,2-5H2,1H3,(H,21,22). The van der Waals surface area contributed by atoms with Crippen molar-refractivity contribution in [3.8, 4) is 0 Å². The summed E-state index contributed by atoms with van der Waals surface area (Å²) in [5, 5.41) is 5.13. The van der Waals surface area contributed by atoms with E-state index in [0.717, 1.165) is 23.3 Å². The van der Waals surface area contributed by atoms with Crippen molar-refractivity contribution in [3.63, 3.8) is 0 Å². The lowest BCUT2D eigenvalue weighted by Crippen LogP contribution is -2.18. The Bertz CT molecular complexity index is 759. The van der Waals surface area contributed by atoms with Gasteiger partial charge in [-0.15, -0.1) is 11.3 Å². The van der Waals surface area contributed by atoms with Gasteiger partial charge in [-0.1, -0.05) is 29.3 Å². The maximum atomic E-state index is 12.3. The number of carbonyl (C=O) groups excluding carboxylic acids is 1. The van der Waals surface area contributed by atoms with Gasteiger partial charge in [0.2, 0.25) is 0 Å². The summed E-state index contributed by atoms with van der Waals surface area (Å²) < 4.78 is 0. The Morgan fingerprint density at radius 3 is 2.70 bits per heavy atom. The highest BCUT2D eigenvalue weighted by Crippen LogP contribution is 2.29. The number of amides is 1. The highest BCUT2D eigenvalue weighted by Gasteiger charge is 2.17. The van der Waals surface area contributed by atoms with Gasteiger partial charge in [0.15, 0.2) is 0 Å². The zero-order chi connectivity index (χ0) is 16.4. The summed E-state index contributed by atoms with van der Waals surface area (Å²) in [5.74, 6) is -0.163. The Hall–Kier alpha value is -1.36. The summed E-state index contributed by atoms with van der Waals surface area (Å²) in [6.07, 6.45) is 4.58. The van der Waals surface area contributed by atoms with Gasteiger partial charge >= 0.3 is 0 Å². The van der Waals surface area contributed by atoms with E-state index in [0.29, 0.717) is 15.8 Å². The summed E-state index contributed by atoms with van der Waals surface area (Å²) in [4.78, 5) is 14.3. The van der Waals surface area contributed by atoms with Gasteiger partial charge in [-0.05, 0) is 61.9 Å². The first kappa shape index (κ1) is 16.5. The second kappa shape index (κ2) is 7.04. The first-order chi connectivity index (χ1) is 11.0. The lowest BCUT2D eigenvalue weighted by molar-refractivity contribution is 0.0959. The summed E-state index contributed by atoms with van der Waals surface area (Å²) in [6, 6.07) is 7.27. The molecule has 1 amide bonds. The Balaban J connectivity index is 1.72. The van der Waals surface area contributed by atoms with E-state index < -0.39 is 0 Å². The summed E-state index contributed by atoms with van der Waals surface area (Å²) in [6.45, 7) is 1.82. The highest BCUT2D eigenvalue weighted by atomic mass is 35.5. The number of fused-ring (bicyclic) bond motifs is 1. The molecule has 120 valence electrons. The molecule has 0 spiro atoms. The number of nitrogens with one attached hydrogen (secondary N) is 1. The van der Waals surface area contributed by atoms with Crippen molar-refractivity contribution in [1.82, 2.24) is 5.43 Å². The highest BCUT2D eigenvalue weighted by molar-refractivity contribution is 7.14. The molecule has 0 radical (unpaired) electrons. The number of rotatable bonds is 3. The van der Waals surface area contributed by atoms with Gasteiger partial charge in [0.25, 0.3) is 5.91 Å². The molecular formula is C17H16Cl2N2OS. The van der Waals surface area contributed by atoms with Crippen molar-refractivity contribution in [3.05, 3.63) is 55.2 Å². The molecule has 1 aliphatic rings. The third-order valence-corrected chi connectivity index (χ3v) is 5.86. The molecule has 6 heteroatoms. The van der Waals surface area contributed by atoms with Crippen molar-refractivity contribution in [2.24, 2.45) is 5.10 Å². The lowest BCUT2D eigenvalue weighted by atomic mass is 9.99. The number of hydrogen-bond donors (Lipinski definition) is 1. The minimum atomic E-state index is -0.163. The average Bonchev–Trinajstić information content (AvgIpc) is 2.99. The number of halogens is 2. The molecule has 2 aromatic rings. The fraction of sp³-hybridized carbons (Fsp3) is 0.294. The van der Waals surface area contributed by atoms with Crippen LogP contribution < -0.4 is 5.43 Å². The van der Waals surface area contributed by atoms with Gasteiger partial charge in [-0.3, -0.25) is 4.79 Å². The number of aryl methyl sites for hydroxylation is 2. The molecule has 0 bridgehead atoms. The number of thiophene rings is 1. The van der Waals surface area contributed by atoms with Gasteiger partial charge in [0.05, 0.1) is 20.6 Å². The smallest absolute Gasteiger partial charge is 0.266 e. The topological polar surface area (TPSA) is 41.5 Å². The molecule has 1 aliphatic carbocycles. The van der Waals surface area contributed by atoms with Gasteiger partial charge in [-0.2, -0.15) is 5.10 Å². The first-order valence-electron chi connectivity index (χ1n) is 7.46. The minimum absolute atomic E-state index is 0.163. The SMILES string of the molecule is CC(=NNC(=O)c1cc2c(s1)CCCC2)c1ccc(Cl)c(Cl)c1. The van der Waals surface area contributed by atoms with Gasteiger partial charge < -0.3 is 0 Å². The van der Waals surface area contributed by atoms with Crippen molar-refractivity contribution in [2.45, 2.75) is 32.6 Å².